The Morgan fingerprint density at radius 1 is 1.32 bits per heavy atom. The molecule has 0 aliphatic rings. The SMILES string of the molecule is CCCNC(=O)NS(=O)(=O)c1c(C)ccc(N)c1C. The summed E-state index contributed by atoms with van der Waals surface area (Å²) in [7, 11) is -3.92. The van der Waals surface area contributed by atoms with Crippen LogP contribution in [0.15, 0.2) is 17.0 Å². The zero-order valence-corrected chi connectivity index (χ0v) is 12.1. The number of urea groups is 1. The van der Waals surface area contributed by atoms with Gasteiger partial charge in [-0.3, -0.25) is 0 Å². The zero-order chi connectivity index (χ0) is 14.6. The molecule has 0 heterocycles. The van der Waals surface area contributed by atoms with Gasteiger partial charge < -0.3 is 11.1 Å². The van der Waals surface area contributed by atoms with E-state index in [9.17, 15) is 13.2 Å². The average Bonchev–Trinajstić information content (AvgIpc) is 2.31. The van der Waals surface area contributed by atoms with Crippen LogP contribution in [-0.2, 0) is 10.0 Å². The van der Waals surface area contributed by atoms with E-state index in [0.717, 1.165) is 6.42 Å². The summed E-state index contributed by atoms with van der Waals surface area (Å²) in [6, 6.07) is 2.52. The molecule has 0 saturated carbocycles. The minimum Gasteiger partial charge on any atom is -0.398 e. The van der Waals surface area contributed by atoms with E-state index in [1.54, 1.807) is 26.0 Å². The van der Waals surface area contributed by atoms with Crippen molar-refractivity contribution in [1.82, 2.24) is 10.0 Å². The second-order valence-electron chi connectivity index (χ2n) is 4.29. The smallest absolute Gasteiger partial charge is 0.328 e. The molecule has 0 spiro atoms. The maximum Gasteiger partial charge on any atom is 0.328 e. The number of hydrogen-bond donors (Lipinski definition) is 3. The van der Waals surface area contributed by atoms with Crippen LogP contribution in [-0.4, -0.2) is 21.0 Å². The lowest BCUT2D eigenvalue weighted by Gasteiger charge is -2.13. The Morgan fingerprint density at radius 3 is 2.53 bits per heavy atom. The summed E-state index contributed by atoms with van der Waals surface area (Å²) in [4.78, 5) is 11.5. The second-order valence-corrected chi connectivity index (χ2v) is 5.91. The molecule has 7 heteroatoms. The van der Waals surface area contributed by atoms with Crippen LogP contribution >= 0.6 is 0 Å². The van der Waals surface area contributed by atoms with Gasteiger partial charge in [0, 0.05) is 12.2 Å². The number of amides is 2. The van der Waals surface area contributed by atoms with E-state index in [1.165, 1.54) is 0 Å². The van der Waals surface area contributed by atoms with Crippen molar-refractivity contribution in [2.24, 2.45) is 0 Å². The average molecular weight is 285 g/mol. The Bertz CT molecular complexity index is 582. The number of nitrogens with one attached hydrogen (secondary N) is 2. The maximum absolute atomic E-state index is 12.2. The molecule has 0 aromatic heterocycles. The van der Waals surface area contributed by atoms with Gasteiger partial charge in [0.05, 0.1) is 4.90 Å². The molecule has 0 fully saturated rings. The molecule has 106 valence electrons. The molecular weight excluding hydrogens is 266 g/mol. The Hall–Kier alpha value is -1.76. The van der Waals surface area contributed by atoms with Crippen LogP contribution in [0, 0.1) is 13.8 Å². The fourth-order valence-electron chi connectivity index (χ4n) is 1.70. The summed E-state index contributed by atoms with van der Waals surface area (Å²) >= 11 is 0. The molecular formula is C12H19N3O3S. The van der Waals surface area contributed by atoms with Crippen LogP contribution < -0.4 is 15.8 Å². The first kappa shape index (κ1) is 15.3. The number of nitrogens with two attached hydrogens (primary N) is 1. The number of sulfonamides is 1. The Kier molecular flexibility index (Phi) is 4.77. The van der Waals surface area contributed by atoms with Crippen molar-refractivity contribution in [3.05, 3.63) is 23.3 Å². The van der Waals surface area contributed by atoms with Crippen molar-refractivity contribution in [2.45, 2.75) is 32.1 Å². The monoisotopic (exact) mass is 285 g/mol. The number of rotatable bonds is 4. The number of carbonyl (C=O) groups excluding carboxylic acids is 1. The van der Waals surface area contributed by atoms with E-state index in [0.29, 0.717) is 23.4 Å². The lowest BCUT2D eigenvalue weighted by molar-refractivity contribution is 0.246. The van der Waals surface area contributed by atoms with Crippen LogP contribution in [0.3, 0.4) is 0 Å². The highest BCUT2D eigenvalue weighted by Gasteiger charge is 2.22. The summed E-state index contributed by atoms with van der Waals surface area (Å²) in [6.45, 7) is 5.56. The predicted molar refractivity (Wildman–Crippen MR) is 74.3 cm³/mol. The summed E-state index contributed by atoms with van der Waals surface area (Å²) in [6.07, 6.45) is 0.726. The lowest BCUT2D eigenvalue weighted by Crippen LogP contribution is -2.40. The molecule has 0 atom stereocenters. The third-order valence-corrected chi connectivity index (χ3v) is 4.30. The van der Waals surface area contributed by atoms with E-state index in [-0.39, 0.29) is 4.90 Å². The maximum atomic E-state index is 12.2. The highest BCUT2D eigenvalue weighted by molar-refractivity contribution is 7.90. The fourth-order valence-corrected chi connectivity index (χ4v) is 3.13. The second kappa shape index (κ2) is 5.92. The summed E-state index contributed by atoms with van der Waals surface area (Å²) in [5.41, 5.74) is 7.06. The van der Waals surface area contributed by atoms with Crippen LogP contribution in [0.5, 0.6) is 0 Å². The van der Waals surface area contributed by atoms with E-state index >= 15 is 0 Å². The van der Waals surface area contributed by atoms with E-state index in [2.05, 4.69) is 5.32 Å². The van der Waals surface area contributed by atoms with Gasteiger partial charge in [-0.2, -0.15) is 0 Å². The van der Waals surface area contributed by atoms with E-state index < -0.39 is 16.1 Å². The van der Waals surface area contributed by atoms with Gasteiger partial charge in [-0.15, -0.1) is 0 Å². The normalized spacial score (nSPS) is 11.1. The van der Waals surface area contributed by atoms with Gasteiger partial charge in [0.2, 0.25) is 0 Å². The molecule has 0 radical (unpaired) electrons. The van der Waals surface area contributed by atoms with E-state index in [4.69, 9.17) is 5.73 Å². The molecule has 0 aliphatic carbocycles. The van der Waals surface area contributed by atoms with Crippen molar-refractivity contribution in [2.75, 3.05) is 12.3 Å². The standard InChI is InChI=1S/C12H19N3O3S/c1-4-7-14-12(16)15-19(17,18)11-8(2)5-6-10(13)9(11)3/h5-6H,4,7,13H2,1-3H3,(H2,14,15,16). The van der Waals surface area contributed by atoms with Crippen LogP contribution in [0.25, 0.3) is 0 Å². The number of hydrogen-bond acceptors (Lipinski definition) is 4. The Morgan fingerprint density at radius 2 is 1.95 bits per heavy atom. The highest BCUT2D eigenvalue weighted by Crippen LogP contribution is 2.24. The van der Waals surface area contributed by atoms with E-state index in [1.807, 2.05) is 11.6 Å². The first-order valence-electron chi connectivity index (χ1n) is 5.96. The van der Waals surface area contributed by atoms with Gasteiger partial charge in [-0.05, 0) is 37.5 Å². The van der Waals surface area contributed by atoms with Gasteiger partial charge in [0.25, 0.3) is 10.0 Å². The van der Waals surface area contributed by atoms with Crippen molar-refractivity contribution in [3.63, 3.8) is 0 Å². The molecule has 2 amide bonds. The van der Waals surface area contributed by atoms with Crippen molar-refractivity contribution >= 4 is 21.7 Å². The van der Waals surface area contributed by atoms with Crippen LogP contribution in [0.1, 0.15) is 24.5 Å². The molecule has 19 heavy (non-hydrogen) atoms. The minimum atomic E-state index is -3.92. The number of aryl methyl sites for hydroxylation is 1. The number of anilines is 1. The third-order valence-electron chi connectivity index (χ3n) is 2.68. The van der Waals surface area contributed by atoms with Crippen LogP contribution in [0.4, 0.5) is 10.5 Å². The topological polar surface area (TPSA) is 101 Å². The Balaban J connectivity index is 3.08. The molecule has 1 rings (SSSR count). The first-order valence-corrected chi connectivity index (χ1v) is 7.44. The summed E-state index contributed by atoms with van der Waals surface area (Å²) in [5.74, 6) is 0. The van der Waals surface area contributed by atoms with Crippen molar-refractivity contribution in [1.29, 1.82) is 0 Å². The highest BCUT2D eigenvalue weighted by atomic mass is 32.2. The molecule has 0 unspecified atom stereocenters. The number of benzene rings is 1. The number of nitrogen functional groups attached to an aromatic ring is 1. The summed E-state index contributed by atoms with van der Waals surface area (Å²) in [5, 5.41) is 2.45. The van der Waals surface area contributed by atoms with Gasteiger partial charge in [-0.25, -0.2) is 17.9 Å². The van der Waals surface area contributed by atoms with Gasteiger partial charge >= 0.3 is 6.03 Å². The Labute approximate surface area is 113 Å². The summed E-state index contributed by atoms with van der Waals surface area (Å²) < 4.78 is 26.3. The molecule has 0 saturated heterocycles. The quantitative estimate of drug-likeness (QED) is 0.725. The molecule has 0 aliphatic heterocycles. The van der Waals surface area contributed by atoms with Gasteiger partial charge in [0.1, 0.15) is 0 Å². The fraction of sp³-hybridized carbons (Fsp3) is 0.417. The number of carbonyl (C=O) groups is 1. The zero-order valence-electron chi connectivity index (χ0n) is 11.3. The molecule has 4 N–H and O–H groups in total. The molecule has 0 bridgehead atoms. The largest absolute Gasteiger partial charge is 0.398 e. The van der Waals surface area contributed by atoms with Crippen LogP contribution in [0.2, 0.25) is 0 Å². The van der Waals surface area contributed by atoms with Gasteiger partial charge in [-0.1, -0.05) is 13.0 Å². The predicted octanol–water partition coefficient (Wildman–Crippen LogP) is 1.28. The lowest BCUT2D eigenvalue weighted by atomic mass is 10.1. The third kappa shape index (κ3) is 3.60. The first-order chi connectivity index (χ1) is 8.79. The molecule has 1 aromatic rings. The van der Waals surface area contributed by atoms with Gasteiger partial charge in [0.15, 0.2) is 0 Å². The molecule has 6 nitrogen and oxygen atoms in total. The molecule has 1 aromatic carbocycles. The van der Waals surface area contributed by atoms with Crippen molar-refractivity contribution in [3.8, 4) is 0 Å². The minimum absolute atomic E-state index is 0.0548. The van der Waals surface area contributed by atoms with Crippen molar-refractivity contribution < 1.29 is 13.2 Å².